The molecule has 0 aromatic heterocycles. The zero-order valence-electron chi connectivity index (χ0n) is 15.4. The molecule has 1 aromatic rings. The van der Waals surface area contributed by atoms with Crippen LogP contribution in [0, 0.1) is 5.92 Å². The Morgan fingerprint density at radius 3 is 2.36 bits per heavy atom. The second kappa shape index (κ2) is 9.20. The van der Waals surface area contributed by atoms with Crippen molar-refractivity contribution in [3.8, 4) is 0 Å². The highest BCUT2D eigenvalue weighted by molar-refractivity contribution is 7.89. The average molecular weight is 367 g/mol. The molecule has 1 aromatic carbocycles. The van der Waals surface area contributed by atoms with Crippen molar-refractivity contribution in [2.45, 2.75) is 57.0 Å². The molecule has 0 atom stereocenters. The van der Waals surface area contributed by atoms with Gasteiger partial charge in [0.2, 0.25) is 10.0 Å². The maximum atomic E-state index is 11.7. The van der Waals surface area contributed by atoms with Crippen molar-refractivity contribution in [2.75, 3.05) is 13.6 Å². The molecule has 0 bridgehead atoms. The number of rotatable bonds is 6. The number of benzene rings is 1. The molecule has 0 amide bonds. The van der Waals surface area contributed by atoms with Crippen molar-refractivity contribution in [3.63, 3.8) is 0 Å². The van der Waals surface area contributed by atoms with E-state index >= 15 is 0 Å². The fraction of sp³-hybridized carbons (Fsp3) is 0.611. The van der Waals surface area contributed by atoms with E-state index in [4.69, 9.17) is 0 Å². The van der Waals surface area contributed by atoms with Gasteiger partial charge in [0.1, 0.15) is 0 Å². The van der Waals surface area contributed by atoms with Gasteiger partial charge in [0.15, 0.2) is 5.96 Å². The monoisotopic (exact) mass is 366 g/mol. The summed E-state index contributed by atoms with van der Waals surface area (Å²) < 4.78 is 25.8. The topological polar surface area (TPSA) is 82.6 Å². The zero-order valence-corrected chi connectivity index (χ0v) is 16.2. The third-order valence-electron chi connectivity index (χ3n) is 4.62. The van der Waals surface area contributed by atoms with E-state index in [0.717, 1.165) is 24.0 Å². The molecule has 6 nitrogen and oxygen atoms in total. The van der Waals surface area contributed by atoms with E-state index in [1.807, 2.05) is 0 Å². The van der Waals surface area contributed by atoms with Crippen molar-refractivity contribution in [1.29, 1.82) is 0 Å². The van der Waals surface area contributed by atoms with Gasteiger partial charge in [0, 0.05) is 12.6 Å². The number of sulfonamides is 1. The Hall–Kier alpha value is -1.60. The Kier molecular flexibility index (Phi) is 7.25. The van der Waals surface area contributed by atoms with Gasteiger partial charge >= 0.3 is 0 Å². The van der Waals surface area contributed by atoms with Gasteiger partial charge in [-0.25, -0.2) is 18.1 Å². The van der Waals surface area contributed by atoms with Crippen molar-refractivity contribution < 1.29 is 8.42 Å². The lowest BCUT2D eigenvalue weighted by Crippen LogP contribution is -2.44. The maximum absolute atomic E-state index is 11.7. The van der Waals surface area contributed by atoms with Crippen LogP contribution in [0.5, 0.6) is 0 Å². The van der Waals surface area contributed by atoms with E-state index in [0.29, 0.717) is 12.6 Å². The Labute approximate surface area is 151 Å². The lowest BCUT2D eigenvalue weighted by Gasteiger charge is -2.28. The number of hydrogen-bond donors (Lipinski definition) is 3. The summed E-state index contributed by atoms with van der Waals surface area (Å²) in [4.78, 5) is 4.91. The van der Waals surface area contributed by atoms with Crippen LogP contribution >= 0.6 is 0 Å². The third kappa shape index (κ3) is 6.01. The Bertz CT molecular complexity index is 663. The number of hydrogen-bond acceptors (Lipinski definition) is 3. The van der Waals surface area contributed by atoms with Crippen LogP contribution in [0.3, 0.4) is 0 Å². The maximum Gasteiger partial charge on any atom is 0.240 e. The van der Waals surface area contributed by atoms with Gasteiger partial charge in [-0.1, -0.05) is 19.1 Å². The van der Waals surface area contributed by atoms with E-state index < -0.39 is 10.0 Å². The van der Waals surface area contributed by atoms with E-state index in [1.54, 1.807) is 24.3 Å². The lowest BCUT2D eigenvalue weighted by molar-refractivity contribution is 0.329. The number of nitrogens with one attached hydrogen (secondary N) is 3. The highest BCUT2D eigenvalue weighted by atomic mass is 32.2. The molecule has 2 rings (SSSR count). The Morgan fingerprint density at radius 2 is 1.80 bits per heavy atom. The van der Waals surface area contributed by atoms with Crippen LogP contribution in [-0.2, 0) is 16.6 Å². The SMILES string of the molecule is CCNC(=NCc1ccc(S(=O)(=O)NC)cc1)NC1CCC(C)CC1. The summed E-state index contributed by atoms with van der Waals surface area (Å²) in [5, 5.41) is 6.81. The van der Waals surface area contributed by atoms with Crippen molar-refractivity contribution in [3.05, 3.63) is 29.8 Å². The second-order valence-corrected chi connectivity index (χ2v) is 8.53. The number of guanidine groups is 1. The molecule has 7 heteroatoms. The zero-order chi connectivity index (χ0) is 18.3. The highest BCUT2D eigenvalue weighted by Gasteiger charge is 2.18. The van der Waals surface area contributed by atoms with Crippen LogP contribution in [0.25, 0.3) is 0 Å². The molecule has 0 heterocycles. The van der Waals surface area contributed by atoms with E-state index in [2.05, 4.69) is 34.2 Å². The van der Waals surface area contributed by atoms with E-state index in [9.17, 15) is 8.42 Å². The summed E-state index contributed by atoms with van der Waals surface area (Å²) in [6.45, 7) is 5.69. The van der Waals surface area contributed by atoms with Gasteiger partial charge in [-0.3, -0.25) is 0 Å². The Morgan fingerprint density at radius 1 is 1.16 bits per heavy atom. The largest absolute Gasteiger partial charge is 0.357 e. The lowest BCUT2D eigenvalue weighted by atomic mass is 9.87. The fourth-order valence-electron chi connectivity index (χ4n) is 2.98. The molecule has 0 aliphatic heterocycles. The van der Waals surface area contributed by atoms with Crippen molar-refractivity contribution >= 4 is 16.0 Å². The molecule has 1 saturated carbocycles. The molecule has 1 aliphatic carbocycles. The molecule has 0 unspecified atom stereocenters. The third-order valence-corrected chi connectivity index (χ3v) is 6.05. The molecule has 140 valence electrons. The number of nitrogens with zero attached hydrogens (tertiary/aromatic N) is 1. The average Bonchev–Trinajstić information content (AvgIpc) is 2.62. The molecule has 3 N–H and O–H groups in total. The smallest absolute Gasteiger partial charge is 0.240 e. The van der Waals surface area contributed by atoms with E-state index in [1.165, 1.54) is 32.7 Å². The summed E-state index contributed by atoms with van der Waals surface area (Å²) in [6, 6.07) is 7.32. The summed E-state index contributed by atoms with van der Waals surface area (Å²) >= 11 is 0. The molecule has 1 fully saturated rings. The van der Waals surface area contributed by atoms with E-state index in [-0.39, 0.29) is 4.90 Å². The van der Waals surface area contributed by atoms with Gasteiger partial charge in [-0.15, -0.1) is 0 Å². The molecule has 25 heavy (non-hydrogen) atoms. The summed E-state index contributed by atoms with van der Waals surface area (Å²) in [5.41, 5.74) is 0.976. The predicted octanol–water partition coefficient (Wildman–Crippen LogP) is 2.23. The summed E-state index contributed by atoms with van der Waals surface area (Å²) in [5.74, 6) is 1.65. The van der Waals surface area contributed by atoms with Crippen LogP contribution in [-0.4, -0.2) is 34.0 Å². The van der Waals surface area contributed by atoms with Gasteiger partial charge in [0.05, 0.1) is 11.4 Å². The van der Waals surface area contributed by atoms with Crippen molar-refractivity contribution in [2.24, 2.45) is 10.9 Å². The molecule has 0 saturated heterocycles. The van der Waals surface area contributed by atoms with Crippen molar-refractivity contribution in [1.82, 2.24) is 15.4 Å². The van der Waals surface area contributed by atoms with Crippen LogP contribution < -0.4 is 15.4 Å². The normalized spacial score (nSPS) is 21.8. The standard InChI is InChI=1S/C18H30N4O2S/c1-4-20-18(22-16-9-5-14(2)6-10-16)21-13-15-7-11-17(12-8-15)25(23,24)19-3/h7-8,11-12,14,16,19H,4-6,9-10,13H2,1-3H3,(H2,20,21,22). The molecule has 0 radical (unpaired) electrons. The van der Waals surface area contributed by atoms with Gasteiger partial charge in [-0.05, 0) is 63.3 Å². The molecular weight excluding hydrogens is 336 g/mol. The molecular formula is C18H30N4O2S. The molecule has 0 spiro atoms. The minimum atomic E-state index is -3.39. The van der Waals surface area contributed by atoms with Crippen LogP contribution in [0.1, 0.15) is 45.1 Å². The Balaban J connectivity index is 1.98. The highest BCUT2D eigenvalue weighted by Crippen LogP contribution is 2.23. The first kappa shape index (κ1) is 19.7. The van der Waals surface area contributed by atoms with Gasteiger partial charge < -0.3 is 10.6 Å². The van der Waals surface area contributed by atoms with Gasteiger partial charge in [-0.2, -0.15) is 0 Å². The first-order valence-electron chi connectivity index (χ1n) is 9.02. The first-order valence-corrected chi connectivity index (χ1v) is 10.5. The minimum Gasteiger partial charge on any atom is -0.357 e. The first-order chi connectivity index (χ1) is 11.9. The molecule has 1 aliphatic rings. The fourth-order valence-corrected chi connectivity index (χ4v) is 3.71. The summed E-state index contributed by atoms with van der Waals surface area (Å²) in [6.07, 6.45) is 4.89. The number of aliphatic imine (C=N–C) groups is 1. The van der Waals surface area contributed by atoms with Crippen LogP contribution in [0.15, 0.2) is 34.2 Å². The minimum absolute atomic E-state index is 0.268. The summed E-state index contributed by atoms with van der Waals surface area (Å²) in [7, 11) is -1.98. The quantitative estimate of drug-likeness (QED) is 0.533. The van der Waals surface area contributed by atoms with Crippen LogP contribution in [0.4, 0.5) is 0 Å². The second-order valence-electron chi connectivity index (χ2n) is 6.65. The predicted molar refractivity (Wildman–Crippen MR) is 102 cm³/mol. The van der Waals surface area contributed by atoms with Gasteiger partial charge in [0.25, 0.3) is 0 Å². The van der Waals surface area contributed by atoms with Crippen LogP contribution in [0.2, 0.25) is 0 Å².